The molecular weight excluding hydrogens is 320 g/mol. The first kappa shape index (κ1) is 17.6. The molecule has 0 atom stereocenters. The van der Waals surface area contributed by atoms with Gasteiger partial charge in [-0.15, -0.1) is 15.3 Å². The molecule has 0 bridgehead atoms. The third kappa shape index (κ3) is 4.66. The average Bonchev–Trinajstić information content (AvgIpc) is 3.09. The largest absolute Gasteiger partial charge is 0.379 e. The number of fused-ring (bicyclic) bond motifs is 1. The lowest BCUT2D eigenvalue weighted by molar-refractivity contribution is -0.125. The first-order valence-corrected chi connectivity index (χ1v) is 8.95. The van der Waals surface area contributed by atoms with Crippen LogP contribution >= 0.6 is 0 Å². The summed E-state index contributed by atoms with van der Waals surface area (Å²) in [6.45, 7) is 7.06. The van der Waals surface area contributed by atoms with Gasteiger partial charge in [-0.05, 0) is 45.2 Å². The zero-order chi connectivity index (χ0) is 17.6. The zero-order valence-corrected chi connectivity index (χ0v) is 14.9. The van der Waals surface area contributed by atoms with Gasteiger partial charge in [-0.25, -0.2) is 0 Å². The molecule has 2 aromatic rings. The predicted octanol–water partition coefficient (Wildman–Crippen LogP) is 1.27. The second-order valence-electron chi connectivity index (χ2n) is 6.65. The Morgan fingerprint density at radius 2 is 2.16 bits per heavy atom. The molecule has 1 aliphatic heterocycles. The highest BCUT2D eigenvalue weighted by molar-refractivity contribution is 5.78. The predicted molar refractivity (Wildman–Crippen MR) is 94.4 cm³/mol. The Kier molecular flexibility index (Phi) is 5.80. The van der Waals surface area contributed by atoms with Gasteiger partial charge in [-0.1, -0.05) is 0 Å². The number of carbonyl (C=O) groups excluding carboxylic acids is 1. The first-order valence-electron chi connectivity index (χ1n) is 8.95. The van der Waals surface area contributed by atoms with Crippen molar-refractivity contribution in [3.63, 3.8) is 0 Å². The van der Waals surface area contributed by atoms with Crippen molar-refractivity contribution in [3.8, 4) is 0 Å². The van der Waals surface area contributed by atoms with E-state index in [9.17, 15) is 4.79 Å². The molecular formula is C17H26N6O2. The Morgan fingerprint density at radius 3 is 2.92 bits per heavy atom. The molecule has 1 N–H and O–H groups in total. The number of anilines is 1. The Labute approximate surface area is 147 Å². The molecule has 3 heterocycles. The summed E-state index contributed by atoms with van der Waals surface area (Å²) in [6, 6.07) is 3.87. The number of hydrogen-bond donors (Lipinski definition) is 1. The summed E-state index contributed by atoms with van der Waals surface area (Å²) >= 11 is 0. The molecule has 1 saturated heterocycles. The van der Waals surface area contributed by atoms with Crippen LogP contribution in [0.1, 0.15) is 33.1 Å². The fourth-order valence-electron chi connectivity index (χ4n) is 3.00. The second-order valence-corrected chi connectivity index (χ2v) is 6.65. The van der Waals surface area contributed by atoms with Crippen molar-refractivity contribution in [3.05, 3.63) is 18.5 Å². The standard InChI is InChI=1S/C17H26N6O2/c1-13(2)25-11-3-8-18-17(24)14-6-9-22(10-7-14)16-5-4-15-20-19-12-23(15)21-16/h4-5,12-14H,3,6-11H2,1-2H3,(H,18,24). The van der Waals surface area contributed by atoms with Crippen LogP contribution in [0.5, 0.6) is 0 Å². The lowest BCUT2D eigenvalue weighted by atomic mass is 9.96. The fourth-order valence-corrected chi connectivity index (χ4v) is 3.00. The van der Waals surface area contributed by atoms with Gasteiger partial charge in [0, 0.05) is 32.2 Å². The maximum absolute atomic E-state index is 12.3. The number of piperidine rings is 1. The minimum Gasteiger partial charge on any atom is -0.379 e. The zero-order valence-electron chi connectivity index (χ0n) is 14.9. The minimum atomic E-state index is 0.0842. The molecule has 136 valence electrons. The van der Waals surface area contributed by atoms with Crippen LogP contribution in [0, 0.1) is 5.92 Å². The lowest BCUT2D eigenvalue weighted by Gasteiger charge is -2.32. The monoisotopic (exact) mass is 346 g/mol. The van der Waals surface area contributed by atoms with E-state index < -0.39 is 0 Å². The molecule has 25 heavy (non-hydrogen) atoms. The van der Waals surface area contributed by atoms with Crippen LogP contribution in [-0.2, 0) is 9.53 Å². The quantitative estimate of drug-likeness (QED) is 0.760. The van der Waals surface area contributed by atoms with Gasteiger partial charge in [0.05, 0.1) is 6.10 Å². The third-order valence-corrected chi connectivity index (χ3v) is 4.41. The Bertz CT molecular complexity index is 693. The van der Waals surface area contributed by atoms with Crippen molar-refractivity contribution >= 4 is 17.4 Å². The van der Waals surface area contributed by atoms with Gasteiger partial charge in [0.1, 0.15) is 12.1 Å². The van der Waals surface area contributed by atoms with Gasteiger partial charge >= 0.3 is 0 Å². The number of hydrogen-bond acceptors (Lipinski definition) is 6. The van der Waals surface area contributed by atoms with Crippen molar-refractivity contribution in [2.45, 2.75) is 39.2 Å². The second kappa shape index (κ2) is 8.24. The number of carbonyl (C=O) groups is 1. The molecule has 0 aliphatic carbocycles. The van der Waals surface area contributed by atoms with E-state index in [1.807, 2.05) is 26.0 Å². The Hall–Kier alpha value is -2.22. The molecule has 1 aliphatic rings. The molecule has 1 fully saturated rings. The summed E-state index contributed by atoms with van der Waals surface area (Å²) in [6.07, 6.45) is 4.38. The van der Waals surface area contributed by atoms with Crippen LogP contribution in [-0.4, -0.2) is 58.1 Å². The Morgan fingerprint density at radius 1 is 1.36 bits per heavy atom. The number of amides is 1. The fraction of sp³-hybridized carbons (Fsp3) is 0.647. The van der Waals surface area contributed by atoms with Crippen LogP contribution in [0.15, 0.2) is 18.5 Å². The highest BCUT2D eigenvalue weighted by atomic mass is 16.5. The van der Waals surface area contributed by atoms with Crippen LogP contribution < -0.4 is 10.2 Å². The van der Waals surface area contributed by atoms with Gasteiger partial charge in [0.2, 0.25) is 5.91 Å². The van der Waals surface area contributed by atoms with Gasteiger partial charge in [0.25, 0.3) is 0 Å². The SMILES string of the molecule is CC(C)OCCCNC(=O)C1CCN(c2ccc3nncn3n2)CC1. The molecule has 3 rings (SSSR count). The highest BCUT2D eigenvalue weighted by Crippen LogP contribution is 2.22. The first-order chi connectivity index (χ1) is 12.1. The normalized spacial score (nSPS) is 15.9. The molecule has 0 unspecified atom stereocenters. The van der Waals surface area contributed by atoms with Crippen molar-refractivity contribution in [2.75, 3.05) is 31.1 Å². The van der Waals surface area contributed by atoms with E-state index in [4.69, 9.17) is 4.74 Å². The van der Waals surface area contributed by atoms with Crippen LogP contribution in [0.25, 0.3) is 5.65 Å². The summed E-state index contributed by atoms with van der Waals surface area (Å²) in [5, 5.41) is 15.3. The summed E-state index contributed by atoms with van der Waals surface area (Å²) in [4.78, 5) is 14.5. The Balaban J connectivity index is 1.42. The average molecular weight is 346 g/mol. The van der Waals surface area contributed by atoms with Gasteiger partial charge in [-0.3, -0.25) is 4.79 Å². The van der Waals surface area contributed by atoms with E-state index in [-0.39, 0.29) is 17.9 Å². The molecule has 0 radical (unpaired) electrons. The molecule has 8 heteroatoms. The molecule has 8 nitrogen and oxygen atoms in total. The van der Waals surface area contributed by atoms with Gasteiger partial charge < -0.3 is 15.0 Å². The number of nitrogens with zero attached hydrogens (tertiary/aromatic N) is 5. The highest BCUT2D eigenvalue weighted by Gasteiger charge is 2.25. The van der Waals surface area contributed by atoms with E-state index in [0.29, 0.717) is 13.2 Å². The van der Waals surface area contributed by atoms with Crippen molar-refractivity contribution in [1.82, 2.24) is 25.1 Å². The summed E-state index contributed by atoms with van der Waals surface area (Å²) in [7, 11) is 0. The summed E-state index contributed by atoms with van der Waals surface area (Å²) < 4.78 is 7.16. The summed E-state index contributed by atoms with van der Waals surface area (Å²) in [5.74, 6) is 1.14. The number of ether oxygens (including phenoxy) is 1. The molecule has 0 aromatic carbocycles. The van der Waals surface area contributed by atoms with Crippen LogP contribution in [0.2, 0.25) is 0 Å². The van der Waals surface area contributed by atoms with Crippen molar-refractivity contribution in [2.24, 2.45) is 5.92 Å². The summed E-state index contributed by atoms with van der Waals surface area (Å²) in [5.41, 5.74) is 0.736. The molecule has 0 saturated carbocycles. The van der Waals surface area contributed by atoms with E-state index >= 15 is 0 Å². The number of nitrogens with one attached hydrogen (secondary N) is 1. The molecule has 1 amide bonds. The van der Waals surface area contributed by atoms with Crippen molar-refractivity contribution < 1.29 is 9.53 Å². The van der Waals surface area contributed by atoms with Crippen molar-refractivity contribution in [1.29, 1.82) is 0 Å². The third-order valence-electron chi connectivity index (χ3n) is 4.41. The van der Waals surface area contributed by atoms with E-state index in [2.05, 4.69) is 25.5 Å². The van der Waals surface area contributed by atoms with Crippen LogP contribution in [0.3, 0.4) is 0 Å². The van der Waals surface area contributed by atoms with Gasteiger partial charge in [0.15, 0.2) is 5.65 Å². The van der Waals surface area contributed by atoms with E-state index in [0.717, 1.165) is 43.8 Å². The molecule has 0 spiro atoms. The minimum absolute atomic E-state index is 0.0842. The van der Waals surface area contributed by atoms with Gasteiger partial charge in [-0.2, -0.15) is 4.52 Å². The number of rotatable bonds is 7. The van der Waals surface area contributed by atoms with E-state index in [1.165, 1.54) is 0 Å². The topological polar surface area (TPSA) is 84.6 Å². The maximum atomic E-state index is 12.3. The smallest absolute Gasteiger partial charge is 0.223 e. The maximum Gasteiger partial charge on any atom is 0.223 e. The van der Waals surface area contributed by atoms with Crippen LogP contribution in [0.4, 0.5) is 5.82 Å². The number of aromatic nitrogens is 4. The molecule has 2 aromatic heterocycles. The lowest BCUT2D eigenvalue weighted by Crippen LogP contribution is -2.41. The van der Waals surface area contributed by atoms with E-state index in [1.54, 1.807) is 10.8 Å².